The molecule has 1 aliphatic heterocycles. The predicted octanol–water partition coefficient (Wildman–Crippen LogP) is 4.95. The second-order valence-corrected chi connectivity index (χ2v) is 9.46. The topological polar surface area (TPSA) is 84.8 Å². The summed E-state index contributed by atoms with van der Waals surface area (Å²) in [4.78, 5) is 16.0. The van der Waals surface area contributed by atoms with Crippen molar-refractivity contribution in [1.29, 1.82) is 0 Å². The number of thioether (sulfide) groups is 1. The molecular weight excluding hydrogens is 434 g/mol. The molecule has 0 aliphatic carbocycles. The molecule has 2 aromatic heterocycles. The van der Waals surface area contributed by atoms with Crippen molar-refractivity contribution in [2.75, 3.05) is 17.7 Å². The Morgan fingerprint density at radius 1 is 1.21 bits per heavy atom. The zero-order chi connectivity index (χ0) is 22.8. The summed E-state index contributed by atoms with van der Waals surface area (Å²) in [5, 5.41) is 13.8. The number of aromatic amines is 1. The van der Waals surface area contributed by atoms with Gasteiger partial charge in [0, 0.05) is 35.0 Å². The van der Waals surface area contributed by atoms with Crippen molar-refractivity contribution in [2.45, 2.75) is 44.5 Å². The summed E-state index contributed by atoms with van der Waals surface area (Å²) in [6.45, 7) is 5.51. The number of H-pyrrole nitrogens is 1. The number of anilines is 1. The third kappa shape index (κ3) is 4.82. The van der Waals surface area contributed by atoms with Crippen molar-refractivity contribution < 1.29 is 9.53 Å². The minimum absolute atomic E-state index is 0.0645. The number of nitrogens with zero attached hydrogens (tertiary/aromatic N) is 3. The van der Waals surface area contributed by atoms with Crippen molar-refractivity contribution in [3.63, 3.8) is 0 Å². The Morgan fingerprint density at radius 3 is 2.82 bits per heavy atom. The molecule has 170 valence electrons. The summed E-state index contributed by atoms with van der Waals surface area (Å²) in [7, 11) is 0. The second kappa shape index (κ2) is 9.41. The normalized spacial score (nSPS) is 15.9. The van der Waals surface area contributed by atoms with Crippen LogP contribution in [0.4, 0.5) is 5.69 Å². The fourth-order valence-electron chi connectivity index (χ4n) is 4.38. The van der Waals surface area contributed by atoms with Gasteiger partial charge in [0.2, 0.25) is 5.91 Å². The zero-order valence-electron chi connectivity index (χ0n) is 18.8. The van der Waals surface area contributed by atoms with Gasteiger partial charge in [-0.05, 0) is 56.0 Å². The lowest BCUT2D eigenvalue weighted by Crippen LogP contribution is -2.18. The van der Waals surface area contributed by atoms with Crippen LogP contribution in [0.25, 0.3) is 22.3 Å². The average molecular weight is 462 g/mol. The lowest BCUT2D eigenvalue weighted by atomic mass is 10.1. The first-order valence-electron chi connectivity index (χ1n) is 11.2. The number of carbonyl (C=O) groups excluding carboxylic acids is 1. The molecule has 0 bridgehead atoms. The molecule has 1 saturated heterocycles. The molecule has 7 nitrogen and oxygen atoms in total. The quantitative estimate of drug-likeness (QED) is 0.380. The van der Waals surface area contributed by atoms with Crippen molar-refractivity contribution in [3.05, 3.63) is 59.8 Å². The van der Waals surface area contributed by atoms with Crippen LogP contribution in [0.2, 0.25) is 0 Å². The molecule has 3 heterocycles. The molecule has 8 heteroatoms. The van der Waals surface area contributed by atoms with Crippen LogP contribution in [-0.4, -0.2) is 44.1 Å². The molecule has 0 spiro atoms. The van der Waals surface area contributed by atoms with E-state index in [-0.39, 0.29) is 17.8 Å². The van der Waals surface area contributed by atoms with E-state index >= 15 is 0 Å². The van der Waals surface area contributed by atoms with Gasteiger partial charge >= 0.3 is 0 Å². The number of ether oxygens (including phenoxy) is 1. The highest BCUT2D eigenvalue weighted by atomic mass is 32.2. The Kier molecular flexibility index (Phi) is 6.20. The van der Waals surface area contributed by atoms with Gasteiger partial charge in [-0.15, -0.1) is 10.2 Å². The molecule has 2 aromatic carbocycles. The van der Waals surface area contributed by atoms with E-state index in [9.17, 15) is 4.79 Å². The molecule has 1 aliphatic rings. The van der Waals surface area contributed by atoms with Crippen LogP contribution in [0.5, 0.6) is 0 Å². The maximum atomic E-state index is 12.7. The molecule has 0 saturated carbocycles. The number of aromatic nitrogens is 4. The summed E-state index contributed by atoms with van der Waals surface area (Å²) < 4.78 is 7.99. The standard InChI is InChI=1S/C25H27N5O2S/c1-16-10-17(2)12-18(11-16)27-23(31)15-33-25-29-28-24(30(25)14-19-6-5-9-32-19)21-13-26-22-8-4-3-7-20(21)22/h3-4,7-8,10-13,19,26H,5-6,9,14-15H2,1-2H3,(H,27,31). The van der Waals surface area contributed by atoms with Gasteiger partial charge in [0.15, 0.2) is 11.0 Å². The monoisotopic (exact) mass is 461 g/mol. The van der Waals surface area contributed by atoms with Gasteiger partial charge in [-0.25, -0.2) is 0 Å². The minimum Gasteiger partial charge on any atom is -0.376 e. The SMILES string of the molecule is Cc1cc(C)cc(NC(=O)CSc2nnc(-c3c[nH]c4ccccc34)n2CC2CCCO2)c1. The lowest BCUT2D eigenvalue weighted by Gasteiger charge is -2.14. The number of benzene rings is 2. The fourth-order valence-corrected chi connectivity index (χ4v) is 5.13. The van der Waals surface area contributed by atoms with Crippen LogP contribution >= 0.6 is 11.8 Å². The Labute approximate surface area is 196 Å². The number of hydrogen-bond donors (Lipinski definition) is 2. The Bertz CT molecular complexity index is 1270. The van der Waals surface area contributed by atoms with Crippen molar-refractivity contribution in [3.8, 4) is 11.4 Å². The van der Waals surface area contributed by atoms with E-state index < -0.39 is 0 Å². The molecule has 0 radical (unpaired) electrons. The van der Waals surface area contributed by atoms with Gasteiger partial charge in [0.1, 0.15) is 0 Å². The van der Waals surface area contributed by atoms with E-state index in [1.807, 2.05) is 50.4 Å². The van der Waals surface area contributed by atoms with Gasteiger partial charge in [0.05, 0.1) is 18.4 Å². The maximum absolute atomic E-state index is 12.7. The van der Waals surface area contributed by atoms with Gasteiger partial charge in [-0.1, -0.05) is 36.0 Å². The van der Waals surface area contributed by atoms with Crippen LogP contribution < -0.4 is 5.32 Å². The van der Waals surface area contributed by atoms with Crippen molar-refractivity contribution in [2.24, 2.45) is 0 Å². The maximum Gasteiger partial charge on any atom is 0.234 e. The summed E-state index contributed by atoms with van der Waals surface area (Å²) in [5.74, 6) is 0.982. The zero-order valence-corrected chi connectivity index (χ0v) is 19.6. The number of fused-ring (bicyclic) bond motifs is 1. The number of amides is 1. The fraction of sp³-hybridized carbons (Fsp3) is 0.320. The predicted molar refractivity (Wildman–Crippen MR) is 132 cm³/mol. The van der Waals surface area contributed by atoms with Crippen LogP contribution in [0, 0.1) is 13.8 Å². The van der Waals surface area contributed by atoms with Crippen LogP contribution in [-0.2, 0) is 16.1 Å². The second-order valence-electron chi connectivity index (χ2n) is 8.51. The van der Waals surface area contributed by atoms with Crippen molar-refractivity contribution in [1.82, 2.24) is 19.7 Å². The van der Waals surface area contributed by atoms with E-state index in [1.54, 1.807) is 0 Å². The molecule has 33 heavy (non-hydrogen) atoms. The van der Waals surface area contributed by atoms with Crippen LogP contribution in [0.1, 0.15) is 24.0 Å². The summed E-state index contributed by atoms with van der Waals surface area (Å²) in [6.07, 6.45) is 4.19. The largest absolute Gasteiger partial charge is 0.376 e. The Balaban J connectivity index is 1.38. The number of nitrogens with one attached hydrogen (secondary N) is 2. The summed E-state index contributed by atoms with van der Waals surface area (Å²) in [6, 6.07) is 14.2. The highest BCUT2D eigenvalue weighted by molar-refractivity contribution is 7.99. The van der Waals surface area contributed by atoms with E-state index in [4.69, 9.17) is 4.74 Å². The van der Waals surface area contributed by atoms with E-state index in [0.29, 0.717) is 6.54 Å². The van der Waals surface area contributed by atoms with Gasteiger partial charge in [0.25, 0.3) is 0 Å². The Morgan fingerprint density at radius 2 is 2.03 bits per heavy atom. The molecule has 1 atom stereocenters. The van der Waals surface area contributed by atoms with Gasteiger partial charge in [-0.2, -0.15) is 0 Å². The first-order chi connectivity index (χ1) is 16.1. The summed E-state index contributed by atoms with van der Waals surface area (Å²) >= 11 is 1.40. The molecule has 1 fully saturated rings. The van der Waals surface area contributed by atoms with Crippen LogP contribution in [0.3, 0.4) is 0 Å². The number of rotatable bonds is 7. The smallest absolute Gasteiger partial charge is 0.234 e. The van der Waals surface area contributed by atoms with Gasteiger partial charge in [-0.3, -0.25) is 9.36 Å². The number of para-hydroxylation sites is 1. The van der Waals surface area contributed by atoms with E-state index in [0.717, 1.165) is 63.7 Å². The Hall–Kier alpha value is -3.10. The lowest BCUT2D eigenvalue weighted by molar-refractivity contribution is -0.113. The first-order valence-corrected chi connectivity index (χ1v) is 12.2. The minimum atomic E-state index is -0.0645. The highest BCUT2D eigenvalue weighted by Gasteiger charge is 2.23. The number of aryl methyl sites for hydroxylation is 2. The third-order valence-corrected chi connectivity index (χ3v) is 6.76. The molecule has 2 N–H and O–H groups in total. The molecule has 4 aromatic rings. The number of hydrogen-bond acceptors (Lipinski definition) is 5. The van der Waals surface area contributed by atoms with E-state index in [2.05, 4.69) is 37.2 Å². The number of carbonyl (C=O) groups is 1. The molecular formula is C25H27N5O2S. The third-order valence-electron chi connectivity index (χ3n) is 5.79. The van der Waals surface area contributed by atoms with Gasteiger partial charge < -0.3 is 15.0 Å². The van der Waals surface area contributed by atoms with Crippen LogP contribution in [0.15, 0.2) is 53.8 Å². The highest BCUT2D eigenvalue weighted by Crippen LogP contribution is 2.31. The first kappa shape index (κ1) is 21.7. The molecule has 5 rings (SSSR count). The molecule has 1 unspecified atom stereocenters. The van der Waals surface area contributed by atoms with Crippen molar-refractivity contribution >= 4 is 34.3 Å². The average Bonchev–Trinajstić information content (AvgIpc) is 3.52. The molecule has 1 amide bonds. The summed E-state index contributed by atoms with van der Waals surface area (Å²) in [5.41, 5.74) is 5.12. The van der Waals surface area contributed by atoms with E-state index in [1.165, 1.54) is 11.8 Å².